The lowest BCUT2D eigenvalue weighted by Gasteiger charge is -2.03. The largest absolute Gasteiger partial charge is 0.299 e. The molecule has 0 aliphatic rings. The third-order valence-corrected chi connectivity index (χ3v) is 3.73. The molecule has 0 fully saturated rings. The zero-order valence-electron chi connectivity index (χ0n) is 8.86. The first-order chi connectivity index (χ1) is 7.22. The fraction of sp³-hybridized carbons (Fsp3) is 0.333. The molecule has 2 rings (SSSR count). The monoisotopic (exact) mass is 219 g/mol. The van der Waals surface area contributed by atoms with Gasteiger partial charge in [-0.05, 0) is 19.1 Å². The Hall–Kier alpha value is -1.22. The summed E-state index contributed by atoms with van der Waals surface area (Å²) in [5.41, 5.74) is 0.994. The minimum absolute atomic E-state index is 0.0626. The molecule has 0 radical (unpaired) electrons. The Labute approximate surface area is 93.0 Å². The van der Waals surface area contributed by atoms with Crippen molar-refractivity contribution in [2.45, 2.75) is 26.2 Å². The minimum atomic E-state index is -0.0626. The normalized spacial score (nSPS) is 12.9. The van der Waals surface area contributed by atoms with Crippen molar-refractivity contribution in [3.05, 3.63) is 29.3 Å². The van der Waals surface area contributed by atoms with Gasteiger partial charge in [-0.2, -0.15) is 0 Å². The third-order valence-electron chi connectivity index (χ3n) is 2.51. The highest BCUT2D eigenvalue weighted by molar-refractivity contribution is 7.18. The predicted molar refractivity (Wildman–Crippen MR) is 63.3 cm³/mol. The van der Waals surface area contributed by atoms with E-state index in [0.29, 0.717) is 6.42 Å². The number of nitrogens with zero attached hydrogens (tertiary/aromatic N) is 1. The van der Waals surface area contributed by atoms with E-state index in [1.54, 1.807) is 11.3 Å². The Balaban J connectivity index is 2.40. The summed E-state index contributed by atoms with van der Waals surface area (Å²) in [6.07, 6.45) is 0.580. The number of Topliss-reactive ketones (excluding diaryl/α,β-unsaturated/α-hetero) is 1. The number of para-hydroxylation sites is 1. The van der Waals surface area contributed by atoms with E-state index >= 15 is 0 Å². The number of benzene rings is 1. The van der Waals surface area contributed by atoms with Gasteiger partial charge in [-0.3, -0.25) is 4.79 Å². The number of ketones is 1. The van der Waals surface area contributed by atoms with Crippen molar-refractivity contribution < 1.29 is 4.79 Å². The van der Waals surface area contributed by atoms with Crippen LogP contribution in [-0.4, -0.2) is 10.8 Å². The first-order valence-electron chi connectivity index (χ1n) is 5.10. The highest BCUT2D eigenvalue weighted by Gasteiger charge is 2.17. The molecule has 3 heteroatoms. The van der Waals surface area contributed by atoms with Crippen LogP contribution in [0.25, 0.3) is 10.2 Å². The summed E-state index contributed by atoms with van der Waals surface area (Å²) >= 11 is 1.62. The summed E-state index contributed by atoms with van der Waals surface area (Å²) in [7, 11) is 0. The number of fused-ring (bicyclic) bond motifs is 1. The van der Waals surface area contributed by atoms with Gasteiger partial charge in [-0.25, -0.2) is 4.98 Å². The molecule has 1 heterocycles. The molecule has 1 unspecified atom stereocenters. The fourth-order valence-corrected chi connectivity index (χ4v) is 2.56. The van der Waals surface area contributed by atoms with E-state index < -0.39 is 0 Å². The van der Waals surface area contributed by atoms with Gasteiger partial charge >= 0.3 is 0 Å². The molecule has 78 valence electrons. The molecule has 0 bridgehead atoms. The van der Waals surface area contributed by atoms with E-state index in [2.05, 4.69) is 4.98 Å². The average molecular weight is 219 g/mol. The number of aromatic nitrogens is 1. The van der Waals surface area contributed by atoms with Gasteiger partial charge in [0.1, 0.15) is 10.8 Å². The lowest BCUT2D eigenvalue weighted by molar-refractivity contribution is -0.119. The standard InChI is InChI=1S/C12H13NOS/c1-3-10(14)8(2)12-13-9-6-4-5-7-11(9)15-12/h4-8H,3H2,1-2H3. The van der Waals surface area contributed by atoms with Gasteiger partial charge in [0.25, 0.3) is 0 Å². The van der Waals surface area contributed by atoms with Gasteiger partial charge < -0.3 is 0 Å². The summed E-state index contributed by atoms with van der Waals surface area (Å²) in [6, 6.07) is 7.99. The molecule has 0 aliphatic heterocycles. The molecule has 1 aromatic carbocycles. The maximum atomic E-state index is 11.6. The molecule has 0 saturated carbocycles. The molecule has 0 spiro atoms. The Morgan fingerprint density at radius 2 is 2.20 bits per heavy atom. The third kappa shape index (κ3) is 1.92. The molecule has 0 N–H and O–H groups in total. The smallest absolute Gasteiger partial charge is 0.142 e. The van der Waals surface area contributed by atoms with Crippen LogP contribution in [0.3, 0.4) is 0 Å². The lowest BCUT2D eigenvalue weighted by Crippen LogP contribution is -2.06. The second-order valence-corrected chi connectivity index (χ2v) is 4.62. The summed E-state index contributed by atoms with van der Waals surface area (Å²) in [6.45, 7) is 3.83. The lowest BCUT2D eigenvalue weighted by atomic mass is 10.1. The Bertz CT molecular complexity index is 456. The van der Waals surface area contributed by atoms with Gasteiger partial charge in [0.05, 0.1) is 16.1 Å². The Kier molecular flexibility index (Phi) is 2.82. The van der Waals surface area contributed by atoms with Crippen LogP contribution in [0, 0.1) is 0 Å². The zero-order valence-corrected chi connectivity index (χ0v) is 9.67. The molecular weight excluding hydrogens is 206 g/mol. The first-order valence-corrected chi connectivity index (χ1v) is 5.92. The van der Waals surface area contributed by atoms with Gasteiger partial charge in [0.2, 0.25) is 0 Å². The van der Waals surface area contributed by atoms with Gasteiger partial charge in [0, 0.05) is 6.42 Å². The van der Waals surface area contributed by atoms with Crippen LogP contribution in [0.1, 0.15) is 31.2 Å². The molecule has 0 saturated heterocycles. The zero-order chi connectivity index (χ0) is 10.8. The van der Waals surface area contributed by atoms with Crippen molar-refractivity contribution in [2.24, 2.45) is 0 Å². The van der Waals surface area contributed by atoms with Crippen LogP contribution >= 0.6 is 11.3 Å². The molecule has 2 aromatic rings. The van der Waals surface area contributed by atoms with E-state index in [-0.39, 0.29) is 11.7 Å². The SMILES string of the molecule is CCC(=O)C(C)c1nc2ccccc2s1. The number of rotatable bonds is 3. The maximum absolute atomic E-state index is 11.6. The summed E-state index contributed by atoms with van der Waals surface area (Å²) in [4.78, 5) is 16.0. The van der Waals surface area contributed by atoms with E-state index in [1.807, 2.05) is 38.1 Å². The Morgan fingerprint density at radius 1 is 1.47 bits per heavy atom. The van der Waals surface area contributed by atoms with Crippen LogP contribution in [0.15, 0.2) is 24.3 Å². The number of hydrogen-bond donors (Lipinski definition) is 0. The molecule has 1 atom stereocenters. The van der Waals surface area contributed by atoms with Crippen molar-refractivity contribution in [1.29, 1.82) is 0 Å². The van der Waals surface area contributed by atoms with E-state index in [1.165, 1.54) is 0 Å². The van der Waals surface area contributed by atoms with E-state index in [0.717, 1.165) is 15.2 Å². The highest BCUT2D eigenvalue weighted by atomic mass is 32.1. The van der Waals surface area contributed by atoms with Gasteiger partial charge in [0.15, 0.2) is 0 Å². The number of carbonyl (C=O) groups is 1. The number of carbonyl (C=O) groups excluding carboxylic acids is 1. The number of hydrogen-bond acceptors (Lipinski definition) is 3. The van der Waals surface area contributed by atoms with Crippen molar-refractivity contribution >= 4 is 27.3 Å². The van der Waals surface area contributed by atoms with Crippen molar-refractivity contribution in [3.8, 4) is 0 Å². The molecule has 15 heavy (non-hydrogen) atoms. The molecule has 0 aliphatic carbocycles. The number of thiazole rings is 1. The predicted octanol–water partition coefficient (Wildman–Crippen LogP) is 3.38. The average Bonchev–Trinajstić information content (AvgIpc) is 2.70. The van der Waals surface area contributed by atoms with Crippen molar-refractivity contribution in [1.82, 2.24) is 4.98 Å². The second kappa shape index (κ2) is 4.11. The van der Waals surface area contributed by atoms with E-state index in [4.69, 9.17) is 0 Å². The first kappa shape index (κ1) is 10.3. The molecule has 2 nitrogen and oxygen atoms in total. The molecule has 0 amide bonds. The second-order valence-electron chi connectivity index (χ2n) is 3.56. The molecule has 1 aromatic heterocycles. The van der Waals surface area contributed by atoms with Gasteiger partial charge in [-0.15, -0.1) is 11.3 Å². The van der Waals surface area contributed by atoms with Crippen LogP contribution < -0.4 is 0 Å². The summed E-state index contributed by atoms with van der Waals surface area (Å²) < 4.78 is 1.16. The highest BCUT2D eigenvalue weighted by Crippen LogP contribution is 2.28. The van der Waals surface area contributed by atoms with Crippen LogP contribution in [0.2, 0.25) is 0 Å². The Morgan fingerprint density at radius 3 is 2.87 bits per heavy atom. The summed E-state index contributed by atoms with van der Waals surface area (Å²) in [5.74, 6) is 0.196. The van der Waals surface area contributed by atoms with Crippen molar-refractivity contribution in [3.63, 3.8) is 0 Å². The van der Waals surface area contributed by atoms with Crippen LogP contribution in [-0.2, 0) is 4.79 Å². The van der Waals surface area contributed by atoms with E-state index in [9.17, 15) is 4.79 Å². The quantitative estimate of drug-likeness (QED) is 0.792. The fourth-order valence-electron chi connectivity index (χ4n) is 1.52. The van der Waals surface area contributed by atoms with Gasteiger partial charge in [-0.1, -0.05) is 19.1 Å². The maximum Gasteiger partial charge on any atom is 0.142 e. The topological polar surface area (TPSA) is 30.0 Å². The van der Waals surface area contributed by atoms with Crippen molar-refractivity contribution in [2.75, 3.05) is 0 Å². The summed E-state index contributed by atoms with van der Waals surface area (Å²) in [5, 5.41) is 0.933. The molecular formula is C12H13NOS. The minimum Gasteiger partial charge on any atom is -0.299 e. The van der Waals surface area contributed by atoms with Crippen LogP contribution in [0.5, 0.6) is 0 Å². The van der Waals surface area contributed by atoms with Crippen LogP contribution in [0.4, 0.5) is 0 Å².